The van der Waals surface area contributed by atoms with Gasteiger partial charge in [-0.3, -0.25) is 0 Å². The lowest BCUT2D eigenvalue weighted by Gasteiger charge is -2.40. The van der Waals surface area contributed by atoms with Crippen LogP contribution in [0.4, 0.5) is 0 Å². The van der Waals surface area contributed by atoms with Crippen LogP contribution in [0, 0.1) is 13.8 Å². The van der Waals surface area contributed by atoms with Gasteiger partial charge < -0.3 is 15.1 Å². The van der Waals surface area contributed by atoms with Gasteiger partial charge in [0.15, 0.2) is 0 Å². The Labute approximate surface area is 117 Å². The molecule has 1 aromatic carbocycles. The summed E-state index contributed by atoms with van der Waals surface area (Å²) in [5.41, 5.74) is 4.19. The van der Waals surface area contributed by atoms with Crippen molar-refractivity contribution in [1.29, 1.82) is 0 Å². The summed E-state index contributed by atoms with van der Waals surface area (Å²) in [7, 11) is 6.58. The van der Waals surface area contributed by atoms with E-state index in [0.29, 0.717) is 12.1 Å². The Hall–Kier alpha value is -0.900. The van der Waals surface area contributed by atoms with E-state index in [1.54, 1.807) is 0 Å². The van der Waals surface area contributed by atoms with Crippen molar-refractivity contribution in [3.8, 4) is 0 Å². The zero-order valence-corrected chi connectivity index (χ0v) is 12.9. The number of hydrogen-bond donors (Lipinski definition) is 1. The number of nitrogens with zero attached hydrogens (tertiary/aromatic N) is 2. The van der Waals surface area contributed by atoms with Gasteiger partial charge in [-0.15, -0.1) is 0 Å². The topological polar surface area (TPSA) is 18.5 Å². The number of likely N-dealkylation sites (N-methyl/N-ethyl adjacent to an activating group) is 2. The first kappa shape index (κ1) is 14.5. The Morgan fingerprint density at radius 2 is 2.05 bits per heavy atom. The molecule has 3 heteroatoms. The van der Waals surface area contributed by atoms with Gasteiger partial charge in [0.25, 0.3) is 0 Å². The highest BCUT2D eigenvalue weighted by Crippen LogP contribution is 2.27. The molecule has 0 spiro atoms. The van der Waals surface area contributed by atoms with E-state index in [-0.39, 0.29) is 0 Å². The van der Waals surface area contributed by atoms with Crippen molar-refractivity contribution in [2.24, 2.45) is 0 Å². The van der Waals surface area contributed by atoms with Crippen LogP contribution in [0.3, 0.4) is 0 Å². The number of aryl methyl sites for hydroxylation is 2. The van der Waals surface area contributed by atoms with E-state index in [0.717, 1.165) is 19.6 Å². The van der Waals surface area contributed by atoms with Crippen molar-refractivity contribution in [1.82, 2.24) is 15.1 Å². The van der Waals surface area contributed by atoms with E-state index in [1.165, 1.54) is 16.7 Å². The standard InChI is InChI=1S/C16H27N3/c1-12-6-7-13(2)14(10-12)16(18(3)4)15-11-19(5)9-8-17-15/h6-7,10,15-17H,8-9,11H2,1-5H3. The molecule has 19 heavy (non-hydrogen) atoms. The molecule has 2 atom stereocenters. The molecule has 0 radical (unpaired) electrons. The Balaban J connectivity index is 2.31. The van der Waals surface area contributed by atoms with Crippen molar-refractivity contribution in [3.05, 3.63) is 34.9 Å². The summed E-state index contributed by atoms with van der Waals surface area (Å²) in [6.07, 6.45) is 0. The first-order valence-electron chi connectivity index (χ1n) is 7.14. The Morgan fingerprint density at radius 3 is 2.68 bits per heavy atom. The molecule has 0 amide bonds. The van der Waals surface area contributed by atoms with Gasteiger partial charge in [-0.1, -0.05) is 23.8 Å². The van der Waals surface area contributed by atoms with E-state index < -0.39 is 0 Å². The molecule has 1 aliphatic heterocycles. The molecule has 1 aliphatic rings. The smallest absolute Gasteiger partial charge is 0.0511 e. The average molecular weight is 261 g/mol. The maximum atomic E-state index is 3.69. The molecule has 0 bridgehead atoms. The zero-order valence-electron chi connectivity index (χ0n) is 12.9. The molecular weight excluding hydrogens is 234 g/mol. The molecule has 0 saturated carbocycles. The van der Waals surface area contributed by atoms with Crippen LogP contribution >= 0.6 is 0 Å². The second-order valence-corrected chi connectivity index (χ2v) is 6.09. The highest BCUT2D eigenvalue weighted by molar-refractivity contribution is 5.34. The molecule has 0 aromatic heterocycles. The van der Waals surface area contributed by atoms with Crippen molar-refractivity contribution < 1.29 is 0 Å². The highest BCUT2D eigenvalue weighted by atomic mass is 15.2. The summed E-state index contributed by atoms with van der Waals surface area (Å²) in [5.74, 6) is 0. The fraction of sp³-hybridized carbons (Fsp3) is 0.625. The van der Waals surface area contributed by atoms with Gasteiger partial charge in [-0.2, -0.15) is 0 Å². The SMILES string of the molecule is Cc1ccc(C)c(C(C2CN(C)CCN2)N(C)C)c1. The summed E-state index contributed by atoms with van der Waals surface area (Å²) in [6.45, 7) is 7.73. The van der Waals surface area contributed by atoms with Gasteiger partial charge in [0.2, 0.25) is 0 Å². The fourth-order valence-electron chi connectivity index (χ4n) is 3.08. The summed E-state index contributed by atoms with van der Waals surface area (Å²) in [4.78, 5) is 4.77. The third-order valence-electron chi connectivity index (χ3n) is 4.10. The number of nitrogens with one attached hydrogen (secondary N) is 1. The van der Waals surface area contributed by atoms with E-state index in [4.69, 9.17) is 0 Å². The summed E-state index contributed by atoms with van der Waals surface area (Å²) < 4.78 is 0. The molecule has 1 fully saturated rings. The van der Waals surface area contributed by atoms with Crippen LogP contribution in [-0.4, -0.2) is 56.6 Å². The maximum Gasteiger partial charge on any atom is 0.0511 e. The number of rotatable bonds is 3. The predicted molar refractivity (Wildman–Crippen MR) is 81.6 cm³/mol. The normalized spacial score (nSPS) is 22.7. The Kier molecular flexibility index (Phi) is 4.61. The first-order valence-corrected chi connectivity index (χ1v) is 7.14. The highest BCUT2D eigenvalue weighted by Gasteiger charge is 2.29. The minimum absolute atomic E-state index is 0.433. The van der Waals surface area contributed by atoms with E-state index in [1.807, 2.05) is 0 Å². The van der Waals surface area contributed by atoms with Crippen LogP contribution in [0.1, 0.15) is 22.7 Å². The molecule has 1 N–H and O–H groups in total. The second-order valence-electron chi connectivity index (χ2n) is 6.09. The zero-order chi connectivity index (χ0) is 14.0. The predicted octanol–water partition coefficient (Wildman–Crippen LogP) is 1.81. The molecule has 1 saturated heterocycles. The molecule has 2 unspecified atom stereocenters. The molecule has 2 rings (SSSR count). The van der Waals surface area contributed by atoms with Crippen LogP contribution in [0.25, 0.3) is 0 Å². The van der Waals surface area contributed by atoms with E-state index in [2.05, 4.69) is 68.3 Å². The van der Waals surface area contributed by atoms with Crippen LogP contribution in [0.2, 0.25) is 0 Å². The second kappa shape index (κ2) is 6.04. The molecule has 3 nitrogen and oxygen atoms in total. The Bertz CT molecular complexity index is 428. The molecule has 0 aliphatic carbocycles. The van der Waals surface area contributed by atoms with Gasteiger partial charge in [-0.05, 0) is 46.1 Å². The van der Waals surface area contributed by atoms with Crippen molar-refractivity contribution >= 4 is 0 Å². The van der Waals surface area contributed by atoms with Crippen molar-refractivity contribution in [3.63, 3.8) is 0 Å². The van der Waals surface area contributed by atoms with Crippen LogP contribution in [0.5, 0.6) is 0 Å². The van der Waals surface area contributed by atoms with Gasteiger partial charge in [0.05, 0.1) is 6.04 Å². The first-order chi connectivity index (χ1) is 8.99. The van der Waals surface area contributed by atoms with Crippen molar-refractivity contribution in [2.75, 3.05) is 40.8 Å². The van der Waals surface area contributed by atoms with E-state index >= 15 is 0 Å². The Morgan fingerprint density at radius 1 is 1.32 bits per heavy atom. The van der Waals surface area contributed by atoms with Gasteiger partial charge in [0, 0.05) is 25.7 Å². The third-order valence-corrected chi connectivity index (χ3v) is 4.10. The number of benzene rings is 1. The quantitative estimate of drug-likeness (QED) is 0.895. The molecule has 1 heterocycles. The molecule has 106 valence electrons. The lowest BCUT2D eigenvalue weighted by Crippen LogP contribution is -2.54. The molecule has 1 aromatic rings. The largest absolute Gasteiger partial charge is 0.310 e. The third kappa shape index (κ3) is 3.35. The minimum Gasteiger partial charge on any atom is -0.310 e. The maximum absolute atomic E-state index is 3.69. The van der Waals surface area contributed by atoms with Crippen LogP contribution in [-0.2, 0) is 0 Å². The van der Waals surface area contributed by atoms with Crippen LogP contribution in [0.15, 0.2) is 18.2 Å². The fourth-order valence-corrected chi connectivity index (χ4v) is 3.08. The average Bonchev–Trinajstić information content (AvgIpc) is 2.33. The summed E-state index contributed by atoms with van der Waals surface area (Å²) >= 11 is 0. The van der Waals surface area contributed by atoms with Gasteiger partial charge in [0.1, 0.15) is 0 Å². The number of hydrogen-bond acceptors (Lipinski definition) is 3. The summed E-state index contributed by atoms with van der Waals surface area (Å²) in [6, 6.07) is 7.72. The monoisotopic (exact) mass is 261 g/mol. The number of piperazine rings is 1. The van der Waals surface area contributed by atoms with Gasteiger partial charge >= 0.3 is 0 Å². The molecular formula is C16H27N3. The summed E-state index contributed by atoms with van der Waals surface area (Å²) in [5, 5.41) is 3.69. The lowest BCUT2D eigenvalue weighted by atomic mass is 9.92. The minimum atomic E-state index is 0.433. The van der Waals surface area contributed by atoms with Crippen LogP contribution < -0.4 is 5.32 Å². The van der Waals surface area contributed by atoms with Gasteiger partial charge in [-0.25, -0.2) is 0 Å². The lowest BCUT2D eigenvalue weighted by molar-refractivity contribution is 0.154. The van der Waals surface area contributed by atoms with Crippen molar-refractivity contribution in [2.45, 2.75) is 25.9 Å². The van der Waals surface area contributed by atoms with E-state index in [9.17, 15) is 0 Å².